The van der Waals surface area contributed by atoms with Crippen molar-refractivity contribution in [1.29, 1.82) is 5.26 Å². The van der Waals surface area contributed by atoms with E-state index in [1.807, 2.05) is 13.0 Å². The van der Waals surface area contributed by atoms with Crippen LogP contribution in [0.15, 0.2) is 21.5 Å². The zero-order valence-electron chi connectivity index (χ0n) is 7.70. The Bertz CT molecular complexity index is 433. The minimum absolute atomic E-state index is 0.229. The predicted molar refractivity (Wildman–Crippen MR) is 57.8 cm³/mol. The fraction of sp³-hybridized carbons (Fsp3) is 0.333. The summed E-state index contributed by atoms with van der Waals surface area (Å²) in [6.07, 6.45) is 2.07. The van der Waals surface area contributed by atoms with Gasteiger partial charge in [-0.2, -0.15) is 5.26 Å². The second-order valence-electron chi connectivity index (χ2n) is 2.89. The molecule has 0 fully saturated rings. The third-order valence-corrected chi connectivity index (χ3v) is 2.46. The number of nitrogen functional groups attached to an aromatic ring is 1. The number of nitriles is 1. The van der Waals surface area contributed by atoms with Gasteiger partial charge in [0.15, 0.2) is 0 Å². The van der Waals surface area contributed by atoms with E-state index < -0.39 is 6.04 Å². The zero-order valence-corrected chi connectivity index (χ0v) is 9.28. The number of halogens is 1. The number of pyridine rings is 1. The maximum Gasteiger partial charge on any atom is 0.266 e. The average molecular weight is 256 g/mol. The maximum atomic E-state index is 11.6. The van der Waals surface area contributed by atoms with E-state index >= 15 is 0 Å². The standard InChI is InChI=1S/C9H10BrN3O/c1-2-7(4-11)13-5-6(12)3-8(10)9(13)14/h3,5,7H,2,12H2,1H3. The van der Waals surface area contributed by atoms with Gasteiger partial charge in [0.1, 0.15) is 6.04 Å². The molecular formula is C9H10BrN3O. The first-order valence-electron chi connectivity index (χ1n) is 4.17. The van der Waals surface area contributed by atoms with Crippen LogP contribution in [0.25, 0.3) is 0 Å². The van der Waals surface area contributed by atoms with Crippen molar-refractivity contribution in [1.82, 2.24) is 4.57 Å². The molecule has 0 aliphatic heterocycles. The molecule has 1 atom stereocenters. The lowest BCUT2D eigenvalue weighted by atomic mass is 10.2. The summed E-state index contributed by atoms with van der Waals surface area (Å²) in [6.45, 7) is 1.84. The monoisotopic (exact) mass is 255 g/mol. The summed E-state index contributed by atoms with van der Waals surface area (Å²) >= 11 is 3.10. The Morgan fingerprint density at radius 2 is 2.43 bits per heavy atom. The van der Waals surface area contributed by atoms with Gasteiger partial charge in [0.05, 0.1) is 10.5 Å². The van der Waals surface area contributed by atoms with Crippen LogP contribution in [-0.4, -0.2) is 4.57 Å². The molecule has 74 valence electrons. The van der Waals surface area contributed by atoms with E-state index in [-0.39, 0.29) is 5.56 Å². The van der Waals surface area contributed by atoms with Crippen molar-refractivity contribution in [2.75, 3.05) is 5.73 Å². The van der Waals surface area contributed by atoms with Crippen LogP contribution in [0, 0.1) is 11.3 Å². The molecule has 0 amide bonds. The Labute approximate surface area is 90.1 Å². The van der Waals surface area contributed by atoms with Crippen LogP contribution in [0.4, 0.5) is 5.69 Å². The minimum atomic E-state index is -0.456. The van der Waals surface area contributed by atoms with E-state index in [0.717, 1.165) is 0 Å². The number of aromatic nitrogens is 1. The van der Waals surface area contributed by atoms with E-state index in [0.29, 0.717) is 16.6 Å². The van der Waals surface area contributed by atoms with Crippen molar-refractivity contribution in [3.8, 4) is 6.07 Å². The van der Waals surface area contributed by atoms with Crippen molar-refractivity contribution >= 4 is 21.6 Å². The molecule has 0 saturated heterocycles. The maximum absolute atomic E-state index is 11.6. The van der Waals surface area contributed by atoms with Crippen molar-refractivity contribution in [3.63, 3.8) is 0 Å². The van der Waals surface area contributed by atoms with Gasteiger partial charge in [-0.1, -0.05) is 6.92 Å². The van der Waals surface area contributed by atoms with Crippen molar-refractivity contribution < 1.29 is 0 Å². The molecule has 2 N–H and O–H groups in total. The van der Waals surface area contributed by atoms with E-state index in [1.165, 1.54) is 16.8 Å². The second kappa shape index (κ2) is 4.29. The lowest BCUT2D eigenvalue weighted by molar-refractivity contribution is 0.576. The third kappa shape index (κ3) is 1.96. The highest BCUT2D eigenvalue weighted by Gasteiger charge is 2.11. The van der Waals surface area contributed by atoms with Gasteiger partial charge in [-0.25, -0.2) is 0 Å². The fourth-order valence-corrected chi connectivity index (χ4v) is 1.64. The molecule has 1 aromatic heterocycles. The van der Waals surface area contributed by atoms with Crippen LogP contribution in [0.2, 0.25) is 0 Å². The second-order valence-corrected chi connectivity index (χ2v) is 3.74. The molecule has 1 aromatic rings. The van der Waals surface area contributed by atoms with Gasteiger partial charge in [0.2, 0.25) is 0 Å². The largest absolute Gasteiger partial charge is 0.398 e. The van der Waals surface area contributed by atoms with Crippen molar-refractivity contribution in [2.45, 2.75) is 19.4 Å². The van der Waals surface area contributed by atoms with Crippen LogP contribution in [-0.2, 0) is 0 Å². The van der Waals surface area contributed by atoms with Gasteiger partial charge in [-0.05, 0) is 28.4 Å². The highest BCUT2D eigenvalue weighted by atomic mass is 79.9. The summed E-state index contributed by atoms with van der Waals surface area (Å²) in [5.41, 5.74) is 5.81. The van der Waals surface area contributed by atoms with Crippen LogP contribution < -0.4 is 11.3 Å². The van der Waals surface area contributed by atoms with E-state index in [2.05, 4.69) is 15.9 Å². The molecule has 0 aliphatic rings. The Balaban J connectivity index is 3.35. The van der Waals surface area contributed by atoms with Crippen LogP contribution in [0.5, 0.6) is 0 Å². The summed E-state index contributed by atoms with van der Waals surface area (Å²) in [4.78, 5) is 11.6. The van der Waals surface area contributed by atoms with Gasteiger partial charge in [-0.3, -0.25) is 9.36 Å². The summed E-state index contributed by atoms with van der Waals surface area (Å²) in [7, 11) is 0. The quantitative estimate of drug-likeness (QED) is 0.874. The lowest BCUT2D eigenvalue weighted by Gasteiger charge is -2.11. The van der Waals surface area contributed by atoms with Crippen LogP contribution in [0.3, 0.4) is 0 Å². The predicted octanol–water partition coefficient (Wildman–Crippen LogP) is 1.67. The van der Waals surface area contributed by atoms with Gasteiger partial charge in [-0.15, -0.1) is 0 Å². The molecule has 1 heterocycles. The number of hydrogen-bond donors (Lipinski definition) is 1. The number of nitrogens with zero attached hydrogens (tertiary/aromatic N) is 2. The Kier molecular flexibility index (Phi) is 3.31. The highest BCUT2D eigenvalue weighted by molar-refractivity contribution is 9.10. The SMILES string of the molecule is CCC(C#N)n1cc(N)cc(Br)c1=O. The van der Waals surface area contributed by atoms with E-state index in [1.54, 1.807) is 0 Å². The average Bonchev–Trinajstić information content (AvgIpc) is 2.15. The number of anilines is 1. The Morgan fingerprint density at radius 1 is 1.79 bits per heavy atom. The smallest absolute Gasteiger partial charge is 0.266 e. The molecule has 0 aliphatic carbocycles. The molecule has 14 heavy (non-hydrogen) atoms. The first-order valence-corrected chi connectivity index (χ1v) is 4.96. The molecule has 0 saturated carbocycles. The molecule has 0 radical (unpaired) electrons. The Hall–Kier alpha value is -1.28. The molecule has 0 bridgehead atoms. The minimum Gasteiger partial charge on any atom is -0.398 e. The Morgan fingerprint density at radius 3 is 2.93 bits per heavy atom. The molecule has 1 rings (SSSR count). The number of nitrogens with two attached hydrogens (primary N) is 1. The molecular weight excluding hydrogens is 246 g/mol. The number of rotatable bonds is 2. The summed E-state index contributed by atoms with van der Waals surface area (Å²) in [6, 6.07) is 3.12. The topological polar surface area (TPSA) is 71.8 Å². The van der Waals surface area contributed by atoms with Gasteiger partial charge < -0.3 is 5.73 Å². The van der Waals surface area contributed by atoms with Crippen LogP contribution >= 0.6 is 15.9 Å². The molecule has 0 spiro atoms. The molecule has 0 aromatic carbocycles. The summed E-state index contributed by atoms with van der Waals surface area (Å²) < 4.78 is 1.73. The zero-order chi connectivity index (χ0) is 10.7. The summed E-state index contributed by atoms with van der Waals surface area (Å²) in [5.74, 6) is 0. The third-order valence-electron chi connectivity index (χ3n) is 1.89. The normalized spacial score (nSPS) is 12.1. The van der Waals surface area contributed by atoms with Crippen molar-refractivity contribution in [3.05, 3.63) is 27.1 Å². The van der Waals surface area contributed by atoms with Crippen LogP contribution in [0.1, 0.15) is 19.4 Å². The fourth-order valence-electron chi connectivity index (χ4n) is 1.17. The molecule has 5 heteroatoms. The molecule has 4 nitrogen and oxygen atoms in total. The van der Waals surface area contributed by atoms with Gasteiger partial charge in [0, 0.05) is 11.9 Å². The van der Waals surface area contributed by atoms with E-state index in [4.69, 9.17) is 11.0 Å². The highest BCUT2D eigenvalue weighted by Crippen LogP contribution is 2.13. The first-order chi connectivity index (χ1) is 6.60. The van der Waals surface area contributed by atoms with Gasteiger partial charge in [0.25, 0.3) is 5.56 Å². The first kappa shape index (κ1) is 10.8. The van der Waals surface area contributed by atoms with Crippen molar-refractivity contribution in [2.24, 2.45) is 0 Å². The van der Waals surface area contributed by atoms with Gasteiger partial charge >= 0.3 is 0 Å². The van der Waals surface area contributed by atoms with E-state index in [9.17, 15) is 4.79 Å². The molecule has 1 unspecified atom stereocenters. The lowest BCUT2D eigenvalue weighted by Crippen LogP contribution is -2.24. The number of hydrogen-bond acceptors (Lipinski definition) is 3. The summed E-state index contributed by atoms with van der Waals surface area (Å²) in [5, 5.41) is 8.82.